The maximum absolute atomic E-state index is 12.6. The van der Waals surface area contributed by atoms with E-state index in [9.17, 15) is 9.59 Å². The number of carbonyl (C=O) groups is 2. The van der Waals surface area contributed by atoms with Gasteiger partial charge in [0.15, 0.2) is 0 Å². The highest BCUT2D eigenvalue weighted by molar-refractivity contribution is 9.10. The van der Waals surface area contributed by atoms with Crippen molar-refractivity contribution < 1.29 is 14.3 Å². The highest BCUT2D eigenvalue weighted by Gasteiger charge is 2.36. The third kappa shape index (κ3) is 5.06. The fraction of sp³-hybridized carbons (Fsp3) is 0.556. The third-order valence-corrected chi connectivity index (χ3v) is 4.82. The van der Waals surface area contributed by atoms with Crippen LogP contribution in [0.25, 0.3) is 0 Å². The number of amides is 1. The molecular weight excluding hydrogens is 358 g/mol. The van der Waals surface area contributed by atoms with Gasteiger partial charge < -0.3 is 9.64 Å². The summed E-state index contributed by atoms with van der Waals surface area (Å²) in [5, 5.41) is 0. The van der Waals surface area contributed by atoms with Crippen LogP contribution in [0.5, 0.6) is 0 Å². The molecule has 0 aromatic heterocycles. The van der Waals surface area contributed by atoms with Crippen molar-refractivity contribution in [2.45, 2.75) is 50.6 Å². The van der Waals surface area contributed by atoms with Crippen molar-refractivity contribution in [3.63, 3.8) is 0 Å². The summed E-state index contributed by atoms with van der Waals surface area (Å²) < 4.78 is 5.48. The number of carbonyl (C=O) groups excluding carboxylic acids is 2. The van der Waals surface area contributed by atoms with Crippen LogP contribution in [0.3, 0.4) is 0 Å². The third-order valence-electron chi connectivity index (χ3n) is 3.97. The number of halogens is 1. The highest BCUT2D eigenvalue weighted by atomic mass is 79.9. The maximum Gasteiger partial charge on any atom is 0.329 e. The lowest BCUT2D eigenvalue weighted by Crippen LogP contribution is -2.51. The van der Waals surface area contributed by atoms with Gasteiger partial charge in [-0.15, -0.1) is 0 Å². The molecule has 1 aliphatic heterocycles. The lowest BCUT2D eigenvalue weighted by atomic mass is 9.99. The van der Waals surface area contributed by atoms with Crippen molar-refractivity contribution in [2.75, 3.05) is 6.54 Å². The first-order valence-corrected chi connectivity index (χ1v) is 9.05. The van der Waals surface area contributed by atoms with E-state index >= 15 is 0 Å². The molecular formula is C18H24BrNO3. The molecule has 0 spiro atoms. The number of benzene rings is 1. The van der Waals surface area contributed by atoms with E-state index in [0.29, 0.717) is 18.9 Å². The summed E-state index contributed by atoms with van der Waals surface area (Å²) >= 11 is 3.41. The number of piperidine rings is 1. The average Bonchev–Trinajstić information content (AvgIpc) is 2.54. The van der Waals surface area contributed by atoms with Crippen LogP contribution in [-0.2, 0) is 20.9 Å². The summed E-state index contributed by atoms with van der Waals surface area (Å²) in [7, 11) is 0. The van der Waals surface area contributed by atoms with Gasteiger partial charge in [0, 0.05) is 6.54 Å². The highest BCUT2D eigenvalue weighted by Crippen LogP contribution is 2.24. The van der Waals surface area contributed by atoms with Crippen LogP contribution < -0.4 is 0 Å². The van der Waals surface area contributed by atoms with Crippen molar-refractivity contribution in [1.82, 2.24) is 4.90 Å². The lowest BCUT2D eigenvalue weighted by Gasteiger charge is -2.36. The minimum absolute atomic E-state index is 0.00133. The fourth-order valence-corrected chi connectivity index (χ4v) is 3.37. The molecule has 2 rings (SSSR count). The first kappa shape index (κ1) is 18.0. The quantitative estimate of drug-likeness (QED) is 0.559. The Morgan fingerprint density at radius 3 is 2.70 bits per heavy atom. The molecule has 1 amide bonds. The van der Waals surface area contributed by atoms with Gasteiger partial charge in [-0.3, -0.25) is 4.79 Å². The van der Waals surface area contributed by atoms with Crippen molar-refractivity contribution >= 4 is 27.8 Å². The van der Waals surface area contributed by atoms with Crippen LogP contribution in [0, 0.1) is 5.92 Å². The van der Waals surface area contributed by atoms with Crippen molar-refractivity contribution in [2.24, 2.45) is 5.92 Å². The predicted molar refractivity (Wildman–Crippen MR) is 93.1 cm³/mol. The van der Waals surface area contributed by atoms with Crippen LogP contribution in [0.1, 0.15) is 38.7 Å². The number of likely N-dealkylation sites (tertiary alicyclic amines) is 1. The lowest BCUT2D eigenvalue weighted by molar-refractivity contribution is -0.158. The molecule has 1 fully saturated rings. The monoisotopic (exact) mass is 381 g/mol. The zero-order chi connectivity index (χ0) is 16.8. The van der Waals surface area contributed by atoms with E-state index < -0.39 is 6.04 Å². The number of alkyl halides is 1. The van der Waals surface area contributed by atoms with Gasteiger partial charge in [0.1, 0.15) is 12.6 Å². The van der Waals surface area contributed by atoms with Crippen LogP contribution in [0.4, 0.5) is 0 Å². The Morgan fingerprint density at radius 2 is 2.04 bits per heavy atom. The smallest absolute Gasteiger partial charge is 0.329 e. The Labute approximate surface area is 146 Å². The van der Waals surface area contributed by atoms with Gasteiger partial charge in [-0.05, 0) is 30.7 Å². The van der Waals surface area contributed by atoms with Crippen LogP contribution in [0.2, 0.25) is 0 Å². The summed E-state index contributed by atoms with van der Waals surface area (Å²) in [6, 6.07) is 9.11. The summed E-state index contributed by atoms with van der Waals surface area (Å²) in [6.07, 6.45) is 2.35. The molecule has 126 valence electrons. The molecule has 1 aromatic rings. The molecule has 1 heterocycles. The number of ether oxygens (including phenoxy) is 1. The minimum atomic E-state index is -0.494. The second-order valence-electron chi connectivity index (χ2n) is 6.38. The van der Waals surface area contributed by atoms with Crippen molar-refractivity contribution in [3.8, 4) is 0 Å². The van der Waals surface area contributed by atoms with Gasteiger partial charge in [0.05, 0.1) is 4.83 Å². The van der Waals surface area contributed by atoms with Gasteiger partial charge in [-0.2, -0.15) is 0 Å². The Balaban J connectivity index is 2.04. The van der Waals surface area contributed by atoms with Crippen molar-refractivity contribution in [3.05, 3.63) is 35.9 Å². The number of nitrogens with zero attached hydrogens (tertiary/aromatic N) is 1. The normalized spacial score (nSPS) is 19.7. The van der Waals surface area contributed by atoms with E-state index in [1.165, 1.54) is 0 Å². The molecule has 2 atom stereocenters. The first-order chi connectivity index (χ1) is 11.0. The standard InChI is InChI=1S/C18H24BrNO3/c1-13(2)11-16(20-10-6-9-15(19)17(20)21)18(22)23-12-14-7-4-3-5-8-14/h3-5,7-8,13,15-16H,6,9-12H2,1-2H3/t15?,16-/m0/s1. The Morgan fingerprint density at radius 1 is 1.35 bits per heavy atom. The Kier molecular flexibility index (Phi) is 6.63. The van der Waals surface area contributed by atoms with E-state index in [-0.39, 0.29) is 23.3 Å². The first-order valence-electron chi connectivity index (χ1n) is 8.14. The topological polar surface area (TPSA) is 46.6 Å². The molecule has 23 heavy (non-hydrogen) atoms. The van der Waals surface area contributed by atoms with Gasteiger partial charge in [-0.25, -0.2) is 4.79 Å². The molecule has 0 N–H and O–H groups in total. The molecule has 0 radical (unpaired) electrons. The second-order valence-corrected chi connectivity index (χ2v) is 7.49. The summed E-state index contributed by atoms with van der Waals surface area (Å²) in [6.45, 7) is 4.97. The summed E-state index contributed by atoms with van der Waals surface area (Å²) in [4.78, 5) is 26.5. The summed E-state index contributed by atoms with van der Waals surface area (Å²) in [5.74, 6) is 0.00356. The number of esters is 1. The van der Waals surface area contributed by atoms with Gasteiger partial charge >= 0.3 is 5.97 Å². The number of hydrogen-bond acceptors (Lipinski definition) is 3. The van der Waals surface area contributed by atoms with Gasteiger partial charge in [0.2, 0.25) is 5.91 Å². The van der Waals surface area contributed by atoms with E-state index in [1.807, 2.05) is 30.3 Å². The molecule has 0 aliphatic carbocycles. The van der Waals surface area contributed by atoms with E-state index in [2.05, 4.69) is 29.8 Å². The minimum Gasteiger partial charge on any atom is -0.459 e. The molecule has 1 saturated heterocycles. The van der Waals surface area contributed by atoms with Crippen LogP contribution >= 0.6 is 15.9 Å². The molecule has 0 bridgehead atoms. The van der Waals surface area contributed by atoms with Crippen LogP contribution in [0.15, 0.2) is 30.3 Å². The molecule has 1 aromatic carbocycles. The largest absolute Gasteiger partial charge is 0.459 e. The van der Waals surface area contributed by atoms with E-state index in [4.69, 9.17) is 4.74 Å². The molecule has 1 aliphatic rings. The second kappa shape index (κ2) is 8.48. The van der Waals surface area contributed by atoms with Gasteiger partial charge in [0.25, 0.3) is 0 Å². The summed E-state index contributed by atoms with van der Waals surface area (Å²) in [5.41, 5.74) is 0.951. The maximum atomic E-state index is 12.6. The average molecular weight is 382 g/mol. The fourth-order valence-electron chi connectivity index (χ4n) is 2.79. The molecule has 4 nitrogen and oxygen atoms in total. The Hall–Kier alpha value is -1.36. The molecule has 0 saturated carbocycles. The van der Waals surface area contributed by atoms with E-state index in [1.54, 1.807) is 4.90 Å². The number of rotatable bonds is 6. The zero-order valence-electron chi connectivity index (χ0n) is 13.7. The number of hydrogen-bond donors (Lipinski definition) is 0. The van der Waals surface area contributed by atoms with Crippen molar-refractivity contribution in [1.29, 1.82) is 0 Å². The van der Waals surface area contributed by atoms with E-state index in [0.717, 1.165) is 18.4 Å². The predicted octanol–water partition coefficient (Wildman–Crippen LogP) is 3.53. The SMILES string of the molecule is CC(C)C[C@@H](C(=O)OCc1ccccc1)N1CCCC(Br)C1=O. The molecule has 5 heteroatoms. The molecule has 1 unspecified atom stereocenters. The zero-order valence-corrected chi connectivity index (χ0v) is 15.3. The van der Waals surface area contributed by atoms with Gasteiger partial charge in [-0.1, -0.05) is 60.1 Å². The van der Waals surface area contributed by atoms with Crippen LogP contribution in [-0.4, -0.2) is 34.2 Å². The Bertz CT molecular complexity index is 532.